The molecule has 0 atom stereocenters. The fraction of sp³-hybridized carbons (Fsp3) is 0. The maximum atomic E-state index is 4.99. The Balaban J connectivity index is 0.960. The number of fused-ring (bicyclic) bond motifs is 3. The first-order valence-electron chi connectivity index (χ1n) is 18.5. The Morgan fingerprint density at radius 2 is 0.600 bits per heavy atom. The first-order valence-corrected chi connectivity index (χ1v) is 18.5. The molecule has 0 aliphatic carbocycles. The second kappa shape index (κ2) is 13.8. The quantitative estimate of drug-likeness (QED) is 0.166. The second-order valence-corrected chi connectivity index (χ2v) is 13.7. The van der Waals surface area contributed by atoms with E-state index in [9.17, 15) is 0 Å². The normalized spacial score (nSPS) is 11.3. The Labute approximate surface area is 319 Å². The molecule has 0 N–H and O–H groups in total. The average Bonchev–Trinajstić information content (AvgIpc) is 3.61. The van der Waals surface area contributed by atoms with Gasteiger partial charge in [-0.15, -0.1) is 0 Å². The van der Waals surface area contributed by atoms with Crippen LogP contribution < -0.4 is 0 Å². The van der Waals surface area contributed by atoms with Crippen LogP contribution in [-0.4, -0.2) is 19.5 Å². The van der Waals surface area contributed by atoms with E-state index in [0.717, 1.165) is 39.1 Å². The Kier molecular flexibility index (Phi) is 8.12. The molecule has 0 aliphatic heterocycles. The van der Waals surface area contributed by atoms with Gasteiger partial charge in [-0.05, 0) is 57.6 Å². The minimum Gasteiger partial charge on any atom is -0.309 e. The second-order valence-electron chi connectivity index (χ2n) is 13.7. The van der Waals surface area contributed by atoms with Gasteiger partial charge in [0.1, 0.15) is 0 Å². The highest BCUT2D eigenvalue weighted by Gasteiger charge is 2.15. The number of para-hydroxylation sites is 2. The zero-order valence-corrected chi connectivity index (χ0v) is 29.9. The van der Waals surface area contributed by atoms with E-state index in [4.69, 9.17) is 15.0 Å². The molecule has 0 saturated carbocycles. The van der Waals surface area contributed by atoms with Crippen molar-refractivity contribution in [3.8, 4) is 73.2 Å². The standard InChI is InChI=1S/C51H34N4/c1-4-12-35(13-5-1)36-24-28-41(29-25-36)50-52-49(40-14-6-2-7-15-40)53-51(54-50)42-30-26-38(27-31-42)37-20-22-39(23-21-37)43-32-33-46-45-18-10-11-19-47(45)55(48(46)34-43)44-16-8-3-9-17-44/h1-34H. The van der Waals surface area contributed by atoms with Gasteiger partial charge in [-0.25, -0.2) is 15.0 Å². The SMILES string of the molecule is c1ccc(-c2ccc(-c3nc(-c4ccccc4)nc(-c4ccc(-c5ccc(-c6ccc7c8ccccc8n(-c8ccccc8)c7c6)cc5)cc4)n3)cc2)cc1. The molecule has 4 nitrogen and oxygen atoms in total. The molecule has 0 spiro atoms. The molecule has 10 aromatic rings. The Morgan fingerprint density at radius 1 is 0.255 bits per heavy atom. The molecule has 8 aromatic carbocycles. The van der Waals surface area contributed by atoms with Crippen molar-refractivity contribution in [2.75, 3.05) is 0 Å². The molecule has 0 radical (unpaired) electrons. The van der Waals surface area contributed by atoms with Crippen LogP contribution in [0.3, 0.4) is 0 Å². The van der Waals surface area contributed by atoms with Crippen LogP contribution in [0.2, 0.25) is 0 Å². The van der Waals surface area contributed by atoms with Crippen LogP contribution in [0.4, 0.5) is 0 Å². The maximum absolute atomic E-state index is 4.99. The topological polar surface area (TPSA) is 43.6 Å². The van der Waals surface area contributed by atoms with Crippen molar-refractivity contribution >= 4 is 21.8 Å². The van der Waals surface area contributed by atoms with Crippen LogP contribution in [-0.2, 0) is 0 Å². The first kappa shape index (κ1) is 32.2. The summed E-state index contributed by atoms with van der Waals surface area (Å²) in [5.41, 5.74) is 13.4. The van der Waals surface area contributed by atoms with Crippen molar-refractivity contribution in [2.45, 2.75) is 0 Å². The Hall–Kier alpha value is -7.43. The molecule has 258 valence electrons. The van der Waals surface area contributed by atoms with Crippen LogP contribution in [0.5, 0.6) is 0 Å². The minimum atomic E-state index is 0.640. The third kappa shape index (κ3) is 6.16. The van der Waals surface area contributed by atoms with Gasteiger partial charge in [0.05, 0.1) is 11.0 Å². The number of nitrogens with zero attached hydrogens (tertiary/aromatic N) is 4. The molecule has 0 amide bonds. The van der Waals surface area contributed by atoms with Crippen molar-refractivity contribution in [1.82, 2.24) is 19.5 Å². The largest absolute Gasteiger partial charge is 0.309 e. The predicted octanol–water partition coefficient (Wildman–Crippen LogP) is 13.0. The number of aromatic nitrogens is 4. The average molecular weight is 703 g/mol. The minimum absolute atomic E-state index is 0.640. The van der Waals surface area contributed by atoms with E-state index in [2.05, 4.69) is 174 Å². The summed E-state index contributed by atoms with van der Waals surface area (Å²) in [6, 6.07) is 72.3. The molecule has 0 unspecified atom stereocenters. The van der Waals surface area contributed by atoms with Gasteiger partial charge in [0.2, 0.25) is 0 Å². The fourth-order valence-electron chi connectivity index (χ4n) is 7.47. The molecule has 0 aliphatic rings. The van der Waals surface area contributed by atoms with E-state index in [-0.39, 0.29) is 0 Å². The van der Waals surface area contributed by atoms with Crippen molar-refractivity contribution in [3.05, 3.63) is 206 Å². The zero-order valence-electron chi connectivity index (χ0n) is 29.9. The molecular weight excluding hydrogens is 669 g/mol. The van der Waals surface area contributed by atoms with Gasteiger partial charge < -0.3 is 4.57 Å². The lowest BCUT2D eigenvalue weighted by Crippen LogP contribution is -2.00. The van der Waals surface area contributed by atoms with E-state index in [1.54, 1.807) is 0 Å². The van der Waals surface area contributed by atoms with Gasteiger partial charge >= 0.3 is 0 Å². The van der Waals surface area contributed by atoms with Gasteiger partial charge in [-0.1, -0.05) is 182 Å². The number of hydrogen-bond donors (Lipinski definition) is 0. The summed E-state index contributed by atoms with van der Waals surface area (Å²) in [5.74, 6) is 1.93. The summed E-state index contributed by atoms with van der Waals surface area (Å²) < 4.78 is 2.37. The van der Waals surface area contributed by atoms with E-state index in [1.807, 2.05) is 36.4 Å². The molecule has 55 heavy (non-hydrogen) atoms. The fourth-order valence-corrected chi connectivity index (χ4v) is 7.47. The monoisotopic (exact) mass is 702 g/mol. The van der Waals surface area contributed by atoms with Crippen LogP contribution in [0.15, 0.2) is 206 Å². The van der Waals surface area contributed by atoms with Gasteiger partial charge in [0.15, 0.2) is 17.5 Å². The van der Waals surface area contributed by atoms with E-state index < -0.39 is 0 Å². The number of hydrogen-bond acceptors (Lipinski definition) is 3. The smallest absolute Gasteiger partial charge is 0.164 e. The summed E-state index contributed by atoms with van der Waals surface area (Å²) in [7, 11) is 0. The van der Waals surface area contributed by atoms with Gasteiger partial charge in [0, 0.05) is 33.2 Å². The van der Waals surface area contributed by atoms with Crippen LogP contribution >= 0.6 is 0 Å². The zero-order chi connectivity index (χ0) is 36.6. The third-order valence-corrected chi connectivity index (χ3v) is 10.3. The Bertz CT molecular complexity index is 2920. The molecule has 0 bridgehead atoms. The van der Waals surface area contributed by atoms with E-state index in [0.29, 0.717) is 17.5 Å². The predicted molar refractivity (Wildman–Crippen MR) is 227 cm³/mol. The van der Waals surface area contributed by atoms with Gasteiger partial charge in [0.25, 0.3) is 0 Å². The van der Waals surface area contributed by atoms with Crippen LogP contribution in [0.25, 0.3) is 95.0 Å². The maximum Gasteiger partial charge on any atom is 0.164 e. The molecule has 2 aromatic heterocycles. The summed E-state index contributed by atoms with van der Waals surface area (Å²) in [4.78, 5) is 14.9. The van der Waals surface area contributed by atoms with Crippen molar-refractivity contribution in [3.63, 3.8) is 0 Å². The molecule has 10 rings (SSSR count). The van der Waals surface area contributed by atoms with Gasteiger partial charge in [-0.2, -0.15) is 0 Å². The molecule has 0 saturated heterocycles. The first-order chi connectivity index (χ1) is 27.2. The Morgan fingerprint density at radius 3 is 1.13 bits per heavy atom. The number of benzene rings is 8. The molecule has 4 heteroatoms. The highest BCUT2D eigenvalue weighted by Crippen LogP contribution is 2.36. The summed E-state index contributed by atoms with van der Waals surface area (Å²) in [5, 5.41) is 2.51. The van der Waals surface area contributed by atoms with Crippen LogP contribution in [0, 0.1) is 0 Å². The van der Waals surface area contributed by atoms with Crippen molar-refractivity contribution in [1.29, 1.82) is 0 Å². The van der Waals surface area contributed by atoms with Crippen molar-refractivity contribution in [2.24, 2.45) is 0 Å². The van der Waals surface area contributed by atoms with Crippen LogP contribution in [0.1, 0.15) is 0 Å². The van der Waals surface area contributed by atoms with Gasteiger partial charge in [-0.3, -0.25) is 0 Å². The highest BCUT2D eigenvalue weighted by molar-refractivity contribution is 6.10. The van der Waals surface area contributed by atoms with E-state index in [1.165, 1.54) is 38.5 Å². The molecule has 2 heterocycles. The van der Waals surface area contributed by atoms with Crippen molar-refractivity contribution < 1.29 is 0 Å². The summed E-state index contributed by atoms with van der Waals surface area (Å²) >= 11 is 0. The molecule has 0 fully saturated rings. The van der Waals surface area contributed by atoms with E-state index >= 15 is 0 Å². The summed E-state index contributed by atoms with van der Waals surface area (Å²) in [6.07, 6.45) is 0. The third-order valence-electron chi connectivity index (χ3n) is 10.3. The molecular formula is C51H34N4. The lowest BCUT2D eigenvalue weighted by atomic mass is 9.98. The number of rotatable bonds is 7. The summed E-state index contributed by atoms with van der Waals surface area (Å²) in [6.45, 7) is 0. The lowest BCUT2D eigenvalue weighted by molar-refractivity contribution is 1.07. The highest BCUT2D eigenvalue weighted by atomic mass is 15.0. The lowest BCUT2D eigenvalue weighted by Gasteiger charge is -2.10.